The molecule has 5 rings (SSSR count). The number of carboxylic acid groups (broad SMARTS) is 1. The van der Waals surface area contributed by atoms with Crippen LogP contribution >= 0.6 is 30.8 Å². The molecule has 20 nitrogen and oxygen atoms in total. The number of carbonyl (C=O) groups excluding carboxylic acids is 1. The zero-order chi connectivity index (χ0) is 47.0. The SMILES string of the molecule is CON(C)C(=O)Nc1ccc(Oc2ccc3c(c2)OC(C)(OC)CC3(C)C)cc1.Cc1nn(-c2cc(NS(C)(=O)=O)c(Cl)cc2Cl)c(=O)n1C(F)F.O=C(O)CNCP(=O)(O)O. The highest BCUT2D eigenvalue weighted by atomic mass is 35.5. The Labute approximate surface area is 364 Å². The van der Waals surface area contributed by atoms with Gasteiger partial charge in [0, 0.05) is 44.8 Å². The molecule has 1 aromatic heterocycles. The highest BCUT2D eigenvalue weighted by molar-refractivity contribution is 7.92. The van der Waals surface area contributed by atoms with Gasteiger partial charge in [0.25, 0.3) is 0 Å². The number of methoxy groups -OCH3 is 1. The summed E-state index contributed by atoms with van der Waals surface area (Å²) in [5, 5.41) is 17.5. The number of rotatable bonds is 13. The number of urea groups is 1. The van der Waals surface area contributed by atoms with Crippen molar-refractivity contribution in [3.8, 4) is 22.9 Å². The Balaban J connectivity index is 0.000000276. The van der Waals surface area contributed by atoms with E-state index in [-0.39, 0.29) is 43.3 Å². The summed E-state index contributed by atoms with van der Waals surface area (Å²) in [5.41, 5.74) is 0.412. The van der Waals surface area contributed by atoms with Gasteiger partial charge in [0.05, 0.1) is 47.6 Å². The Morgan fingerprint density at radius 2 is 1.66 bits per heavy atom. The van der Waals surface area contributed by atoms with Gasteiger partial charge in [0.2, 0.25) is 15.8 Å². The third kappa shape index (κ3) is 14.9. The second kappa shape index (κ2) is 21.0. The summed E-state index contributed by atoms with van der Waals surface area (Å²) >= 11 is 11.8. The third-order valence-corrected chi connectivity index (χ3v) is 10.3. The lowest BCUT2D eigenvalue weighted by atomic mass is 9.76. The van der Waals surface area contributed by atoms with Crippen LogP contribution < -0.4 is 30.5 Å². The summed E-state index contributed by atoms with van der Waals surface area (Å²) in [6.07, 6.45) is 1.06. The zero-order valence-corrected chi connectivity index (χ0v) is 37.7. The number of amides is 2. The molecule has 0 bridgehead atoms. The number of hydrogen-bond donors (Lipinski definition) is 6. The van der Waals surface area contributed by atoms with Crippen LogP contribution in [0, 0.1) is 6.92 Å². The molecule has 342 valence electrons. The Morgan fingerprint density at radius 1 is 1.05 bits per heavy atom. The van der Waals surface area contributed by atoms with Gasteiger partial charge in [-0.2, -0.15) is 13.5 Å². The molecule has 26 heteroatoms. The van der Waals surface area contributed by atoms with E-state index in [2.05, 4.69) is 34.3 Å². The highest BCUT2D eigenvalue weighted by Crippen LogP contribution is 2.46. The van der Waals surface area contributed by atoms with Crippen molar-refractivity contribution in [1.82, 2.24) is 24.7 Å². The number of aliphatic carboxylic acids is 1. The monoisotopic (exact) mass is 955 g/mol. The second-order valence-corrected chi connectivity index (χ2v) is 18.3. The molecule has 3 aromatic carbocycles. The molecule has 4 aromatic rings. The summed E-state index contributed by atoms with van der Waals surface area (Å²) in [6.45, 7) is 4.02. The number of benzene rings is 3. The van der Waals surface area contributed by atoms with Crippen molar-refractivity contribution < 1.29 is 65.3 Å². The van der Waals surface area contributed by atoms with Gasteiger partial charge in [-0.05, 0) is 54.8 Å². The van der Waals surface area contributed by atoms with Crippen LogP contribution in [0.4, 0.5) is 25.0 Å². The van der Waals surface area contributed by atoms with Gasteiger partial charge in [-0.25, -0.2) is 27.6 Å². The first-order valence-electron chi connectivity index (χ1n) is 17.7. The van der Waals surface area contributed by atoms with Crippen LogP contribution in [0.3, 0.4) is 0 Å². The van der Waals surface area contributed by atoms with Crippen molar-refractivity contribution in [3.05, 3.63) is 86.5 Å². The number of hydroxylamine groups is 2. The average Bonchev–Trinajstić information content (AvgIpc) is 3.44. The number of aryl methyl sites for hydroxylation is 1. The lowest BCUT2D eigenvalue weighted by molar-refractivity contribution is -0.172. The molecule has 1 unspecified atom stereocenters. The molecule has 0 aliphatic carbocycles. The van der Waals surface area contributed by atoms with Crippen LogP contribution in [0.2, 0.25) is 10.0 Å². The van der Waals surface area contributed by atoms with Gasteiger partial charge in [0.1, 0.15) is 23.1 Å². The number of carbonyl (C=O) groups is 2. The first kappa shape index (κ1) is 51.5. The number of anilines is 2. The number of carboxylic acids is 1. The van der Waals surface area contributed by atoms with Gasteiger partial charge in [-0.1, -0.05) is 43.1 Å². The van der Waals surface area contributed by atoms with Gasteiger partial charge in [-0.15, -0.1) is 5.10 Å². The predicted octanol–water partition coefficient (Wildman–Crippen LogP) is 6.14. The minimum atomic E-state index is -4.10. The van der Waals surface area contributed by atoms with Crippen molar-refractivity contribution in [2.75, 3.05) is 50.4 Å². The maximum Gasteiger partial charge on any atom is 0.355 e. The van der Waals surface area contributed by atoms with E-state index >= 15 is 0 Å². The van der Waals surface area contributed by atoms with Crippen LogP contribution in [0.25, 0.3) is 5.69 Å². The molecule has 2 heterocycles. The number of hydrogen-bond acceptors (Lipinski definition) is 12. The molecule has 0 radical (unpaired) electrons. The molecular weight excluding hydrogens is 910 g/mol. The lowest BCUT2D eigenvalue weighted by Crippen LogP contribution is -2.45. The van der Waals surface area contributed by atoms with Crippen LogP contribution in [0.1, 0.15) is 45.1 Å². The normalized spacial score (nSPS) is 15.5. The molecule has 62 heavy (non-hydrogen) atoms. The first-order chi connectivity index (χ1) is 28.6. The van der Waals surface area contributed by atoms with Crippen molar-refractivity contribution in [2.24, 2.45) is 0 Å². The molecule has 1 atom stereocenters. The van der Waals surface area contributed by atoms with Crippen LogP contribution in [0.15, 0.2) is 59.4 Å². The number of alkyl halides is 2. The summed E-state index contributed by atoms with van der Waals surface area (Å²) in [4.78, 5) is 54.8. The van der Waals surface area contributed by atoms with Crippen molar-refractivity contribution in [1.29, 1.82) is 0 Å². The van der Waals surface area contributed by atoms with Crippen LogP contribution in [-0.2, 0) is 34.4 Å². The molecule has 0 saturated carbocycles. The number of nitrogens with one attached hydrogen (secondary N) is 3. The summed E-state index contributed by atoms with van der Waals surface area (Å²) in [7, 11) is -3.13. The maximum absolute atomic E-state index is 12.8. The van der Waals surface area contributed by atoms with Crippen molar-refractivity contribution in [2.45, 2.75) is 51.9 Å². The molecule has 6 N–H and O–H groups in total. The second-order valence-electron chi connectivity index (χ2n) is 14.1. The van der Waals surface area contributed by atoms with E-state index in [1.54, 1.807) is 31.4 Å². The highest BCUT2D eigenvalue weighted by Gasteiger charge is 2.42. The topological polar surface area (TPSA) is 262 Å². The first-order valence-corrected chi connectivity index (χ1v) is 22.2. The summed E-state index contributed by atoms with van der Waals surface area (Å²) in [6, 6.07) is 14.9. The number of sulfonamides is 1. The molecule has 0 fully saturated rings. The fraction of sp³-hybridized carbons (Fsp3) is 0.389. The Morgan fingerprint density at radius 3 is 2.18 bits per heavy atom. The zero-order valence-electron chi connectivity index (χ0n) is 34.5. The predicted molar refractivity (Wildman–Crippen MR) is 225 cm³/mol. The van der Waals surface area contributed by atoms with E-state index in [0.29, 0.717) is 21.9 Å². The molecule has 1 aliphatic rings. The number of aromatic nitrogens is 3. The van der Waals surface area contributed by atoms with Gasteiger partial charge < -0.3 is 34.4 Å². The van der Waals surface area contributed by atoms with E-state index in [4.69, 9.17) is 57.1 Å². The van der Waals surface area contributed by atoms with E-state index in [1.807, 2.05) is 25.1 Å². The molecule has 1 aliphatic heterocycles. The van der Waals surface area contributed by atoms with E-state index in [9.17, 15) is 36.1 Å². The molecule has 0 spiro atoms. The number of nitrogens with zero attached hydrogens (tertiary/aromatic N) is 4. The van der Waals surface area contributed by atoms with E-state index < -0.39 is 54.4 Å². The van der Waals surface area contributed by atoms with E-state index in [0.717, 1.165) is 35.1 Å². The minimum absolute atomic E-state index is 0.0257. The van der Waals surface area contributed by atoms with E-state index in [1.165, 1.54) is 27.1 Å². The van der Waals surface area contributed by atoms with Gasteiger partial charge in [0.15, 0.2) is 0 Å². The molecule has 2 amide bonds. The van der Waals surface area contributed by atoms with Crippen molar-refractivity contribution >= 4 is 64.2 Å². The largest absolute Gasteiger partial charge is 0.480 e. The standard InChI is InChI=1S/C22H28N2O5.C11H10Cl2F2N4O3S.C3H8NO5P/c1-21(2)14-22(3,26-5)29-19-13-17(11-12-18(19)21)28-16-9-7-15(8-10-16)23-20(25)24(4)27-6;1-5-16-19(11(20)18(5)10(14)15)9-4-8(17-23(2,21)22)6(12)3-7(9)13;5-3(6)1-4-2-10(7,8)9/h7-13H,14H2,1-6H3,(H,23,25);3-4,10,17H,1-2H3;4H,1-2H2,(H,5,6)(H2,7,8,9). The van der Waals surface area contributed by atoms with Gasteiger partial charge >= 0.3 is 31.8 Å². The third-order valence-electron chi connectivity index (χ3n) is 8.43. The number of fused-ring (bicyclic) bond motifs is 1. The van der Waals surface area contributed by atoms with Crippen molar-refractivity contribution in [3.63, 3.8) is 0 Å². The number of halogens is 4. The quantitative estimate of drug-likeness (QED) is 0.0650. The fourth-order valence-electron chi connectivity index (χ4n) is 5.66. The molecular formula is C36H46Cl2F2N7O13PS. The Hall–Kier alpha value is -4.84. The number of ether oxygens (including phenoxy) is 3. The fourth-order valence-corrected chi connectivity index (χ4v) is 7.20. The van der Waals surface area contributed by atoms with Crippen LogP contribution in [0.5, 0.6) is 17.2 Å². The maximum atomic E-state index is 12.8. The lowest BCUT2D eigenvalue weighted by Gasteiger charge is -2.43. The summed E-state index contributed by atoms with van der Waals surface area (Å²) in [5.74, 6) is 0.0183. The average molecular weight is 957 g/mol. The van der Waals surface area contributed by atoms with Crippen LogP contribution in [-0.4, -0.2) is 101 Å². The smallest absolute Gasteiger partial charge is 0.355 e. The molecule has 0 saturated heterocycles. The van der Waals surface area contributed by atoms with Gasteiger partial charge in [-0.3, -0.25) is 24.2 Å². The Bertz CT molecular complexity index is 2450. The summed E-state index contributed by atoms with van der Waals surface area (Å²) < 4.78 is 79.0. The Kier molecular flexibility index (Phi) is 17.5. The minimum Gasteiger partial charge on any atom is -0.480 e.